The summed E-state index contributed by atoms with van der Waals surface area (Å²) in [6.07, 6.45) is 2.09. The quantitative estimate of drug-likeness (QED) is 0.617. The molecular formula is C19H29N3O6S2. The van der Waals surface area contributed by atoms with E-state index in [1.807, 2.05) is 6.92 Å². The summed E-state index contributed by atoms with van der Waals surface area (Å²) in [4.78, 5) is 14.7. The van der Waals surface area contributed by atoms with Crippen LogP contribution in [0, 0.1) is 5.92 Å². The summed E-state index contributed by atoms with van der Waals surface area (Å²) in [5.74, 6) is 0.375. The van der Waals surface area contributed by atoms with Gasteiger partial charge in [-0.15, -0.1) is 0 Å². The minimum atomic E-state index is -3.61. The zero-order chi connectivity index (χ0) is 21.9. The van der Waals surface area contributed by atoms with Crippen LogP contribution in [-0.4, -0.2) is 88.4 Å². The van der Waals surface area contributed by atoms with E-state index in [4.69, 9.17) is 4.74 Å². The first-order valence-corrected chi connectivity index (χ1v) is 13.4. The molecule has 3 rings (SSSR count). The average molecular weight is 460 g/mol. The molecular weight excluding hydrogens is 430 g/mol. The standard InChI is InChI=1S/C19H29N3O6S2/c1-3-28-17-4-6-18(7-5-17)30(26,27)22-10-8-16(9-11-22)19(23)20-12-14-21(15-13-20)29(2,24)25/h4-7,16H,3,8-15H2,1-2H3. The van der Waals surface area contributed by atoms with Crippen LogP contribution in [0.25, 0.3) is 0 Å². The molecule has 0 aromatic heterocycles. The molecule has 0 N–H and O–H groups in total. The third-order valence-electron chi connectivity index (χ3n) is 5.60. The molecule has 0 spiro atoms. The van der Waals surface area contributed by atoms with Crippen LogP contribution in [0.15, 0.2) is 29.2 Å². The van der Waals surface area contributed by atoms with E-state index in [9.17, 15) is 21.6 Å². The maximum absolute atomic E-state index is 12.9. The van der Waals surface area contributed by atoms with Crippen LogP contribution in [0.4, 0.5) is 0 Å². The van der Waals surface area contributed by atoms with Gasteiger partial charge in [-0.05, 0) is 44.0 Å². The Morgan fingerprint density at radius 2 is 1.50 bits per heavy atom. The minimum absolute atomic E-state index is 0.0127. The second-order valence-electron chi connectivity index (χ2n) is 7.57. The van der Waals surface area contributed by atoms with Gasteiger partial charge in [-0.25, -0.2) is 16.8 Å². The van der Waals surface area contributed by atoms with Crippen LogP contribution >= 0.6 is 0 Å². The van der Waals surface area contributed by atoms with Crippen LogP contribution in [0.1, 0.15) is 19.8 Å². The molecule has 0 atom stereocenters. The van der Waals surface area contributed by atoms with Gasteiger partial charge in [0.25, 0.3) is 0 Å². The fourth-order valence-electron chi connectivity index (χ4n) is 3.87. The number of piperazine rings is 1. The number of carbonyl (C=O) groups is 1. The molecule has 1 aromatic rings. The number of amides is 1. The summed E-state index contributed by atoms with van der Waals surface area (Å²) in [6.45, 7) is 4.29. The van der Waals surface area contributed by atoms with Gasteiger partial charge >= 0.3 is 0 Å². The van der Waals surface area contributed by atoms with Crippen molar-refractivity contribution in [2.24, 2.45) is 5.92 Å². The van der Waals surface area contributed by atoms with E-state index in [-0.39, 0.29) is 29.8 Å². The highest BCUT2D eigenvalue weighted by molar-refractivity contribution is 7.89. The zero-order valence-corrected chi connectivity index (χ0v) is 19.0. The summed E-state index contributed by atoms with van der Waals surface area (Å²) in [7, 11) is -6.85. The number of sulfonamides is 2. The molecule has 0 unspecified atom stereocenters. The van der Waals surface area contributed by atoms with E-state index < -0.39 is 20.0 Å². The van der Waals surface area contributed by atoms with Crippen molar-refractivity contribution in [3.05, 3.63) is 24.3 Å². The molecule has 11 heteroatoms. The Labute approximate surface area is 178 Å². The van der Waals surface area contributed by atoms with Crippen LogP contribution in [0.5, 0.6) is 5.75 Å². The molecule has 9 nitrogen and oxygen atoms in total. The van der Waals surface area contributed by atoms with Crippen LogP contribution in [0.3, 0.4) is 0 Å². The fraction of sp³-hybridized carbons (Fsp3) is 0.632. The Balaban J connectivity index is 1.56. The van der Waals surface area contributed by atoms with Crippen molar-refractivity contribution in [1.82, 2.24) is 13.5 Å². The highest BCUT2D eigenvalue weighted by Gasteiger charge is 2.35. The predicted octanol–water partition coefficient (Wildman–Crippen LogP) is 0.590. The van der Waals surface area contributed by atoms with Crippen molar-refractivity contribution < 1.29 is 26.4 Å². The van der Waals surface area contributed by atoms with Gasteiger partial charge in [-0.1, -0.05) is 0 Å². The first-order chi connectivity index (χ1) is 14.1. The smallest absolute Gasteiger partial charge is 0.243 e. The van der Waals surface area contributed by atoms with Gasteiger partial charge in [0.1, 0.15) is 5.75 Å². The molecule has 30 heavy (non-hydrogen) atoms. The van der Waals surface area contributed by atoms with Crippen LogP contribution < -0.4 is 4.74 Å². The molecule has 168 valence electrons. The molecule has 0 aliphatic carbocycles. The van der Waals surface area contributed by atoms with Gasteiger partial charge in [0.05, 0.1) is 17.8 Å². The Bertz CT molecular complexity index is 946. The molecule has 0 saturated carbocycles. The summed E-state index contributed by atoms with van der Waals surface area (Å²) < 4.78 is 57.2. The van der Waals surface area contributed by atoms with Gasteiger partial charge in [0, 0.05) is 45.2 Å². The topological polar surface area (TPSA) is 104 Å². The molecule has 1 amide bonds. The van der Waals surface area contributed by atoms with Crippen molar-refractivity contribution in [3.63, 3.8) is 0 Å². The summed E-state index contributed by atoms with van der Waals surface area (Å²) >= 11 is 0. The predicted molar refractivity (Wildman–Crippen MR) is 112 cm³/mol. The largest absolute Gasteiger partial charge is 0.494 e. The summed E-state index contributed by atoms with van der Waals surface area (Å²) in [5.41, 5.74) is 0. The molecule has 1 aromatic carbocycles. The zero-order valence-electron chi connectivity index (χ0n) is 17.4. The van der Waals surface area contributed by atoms with Crippen molar-refractivity contribution >= 4 is 26.0 Å². The lowest BCUT2D eigenvalue weighted by Crippen LogP contribution is -2.52. The molecule has 0 bridgehead atoms. The van der Waals surface area contributed by atoms with Crippen molar-refractivity contribution in [2.75, 3.05) is 52.1 Å². The molecule has 2 aliphatic rings. The van der Waals surface area contributed by atoms with Crippen molar-refractivity contribution in [3.8, 4) is 5.75 Å². The third kappa shape index (κ3) is 5.13. The first-order valence-electron chi connectivity index (χ1n) is 10.1. The van der Waals surface area contributed by atoms with E-state index in [0.29, 0.717) is 51.4 Å². The lowest BCUT2D eigenvalue weighted by atomic mass is 9.96. The lowest BCUT2D eigenvalue weighted by molar-refractivity contribution is -0.137. The van der Waals surface area contributed by atoms with Gasteiger partial charge in [-0.2, -0.15) is 8.61 Å². The van der Waals surface area contributed by atoms with E-state index >= 15 is 0 Å². The van der Waals surface area contributed by atoms with Gasteiger partial charge in [0.2, 0.25) is 26.0 Å². The number of rotatable bonds is 6. The van der Waals surface area contributed by atoms with E-state index in [2.05, 4.69) is 0 Å². The number of carbonyl (C=O) groups excluding carboxylic acids is 1. The second kappa shape index (κ2) is 9.21. The number of benzene rings is 1. The van der Waals surface area contributed by atoms with Crippen LogP contribution in [-0.2, 0) is 24.8 Å². The fourth-order valence-corrected chi connectivity index (χ4v) is 6.16. The monoisotopic (exact) mass is 459 g/mol. The number of ether oxygens (including phenoxy) is 1. The number of hydrogen-bond donors (Lipinski definition) is 0. The van der Waals surface area contributed by atoms with Crippen molar-refractivity contribution in [2.45, 2.75) is 24.7 Å². The van der Waals surface area contributed by atoms with E-state index in [0.717, 1.165) is 0 Å². The Morgan fingerprint density at radius 3 is 2.00 bits per heavy atom. The van der Waals surface area contributed by atoms with Gasteiger partial charge in [-0.3, -0.25) is 4.79 Å². The lowest BCUT2D eigenvalue weighted by Gasteiger charge is -2.37. The Hall–Kier alpha value is -1.69. The third-order valence-corrected chi connectivity index (χ3v) is 8.81. The van der Waals surface area contributed by atoms with E-state index in [1.165, 1.54) is 14.9 Å². The number of hydrogen-bond acceptors (Lipinski definition) is 6. The SMILES string of the molecule is CCOc1ccc(S(=O)(=O)N2CCC(C(=O)N3CCN(S(C)(=O)=O)CC3)CC2)cc1. The maximum Gasteiger partial charge on any atom is 0.243 e. The summed E-state index contributed by atoms with van der Waals surface area (Å²) in [6, 6.07) is 6.36. The number of piperidine rings is 1. The first kappa shape index (κ1) is 23.0. The Kier molecular flexibility index (Phi) is 7.05. The van der Waals surface area contributed by atoms with Gasteiger partial charge in [0.15, 0.2) is 0 Å². The number of nitrogens with zero attached hydrogens (tertiary/aromatic N) is 3. The molecule has 2 heterocycles. The minimum Gasteiger partial charge on any atom is -0.494 e. The maximum atomic E-state index is 12.9. The molecule has 2 saturated heterocycles. The normalized spacial score (nSPS) is 20.3. The molecule has 2 aliphatic heterocycles. The Morgan fingerprint density at radius 1 is 0.933 bits per heavy atom. The average Bonchev–Trinajstić information content (AvgIpc) is 2.73. The van der Waals surface area contributed by atoms with Gasteiger partial charge < -0.3 is 9.64 Å². The van der Waals surface area contributed by atoms with E-state index in [1.54, 1.807) is 29.2 Å². The second-order valence-corrected chi connectivity index (χ2v) is 11.5. The molecule has 2 fully saturated rings. The highest BCUT2D eigenvalue weighted by atomic mass is 32.2. The highest BCUT2D eigenvalue weighted by Crippen LogP contribution is 2.26. The molecule has 0 radical (unpaired) electrons. The van der Waals surface area contributed by atoms with Crippen molar-refractivity contribution in [1.29, 1.82) is 0 Å². The van der Waals surface area contributed by atoms with Crippen LogP contribution in [0.2, 0.25) is 0 Å². The summed E-state index contributed by atoms with van der Waals surface area (Å²) in [5, 5.41) is 0.